The molecule has 0 radical (unpaired) electrons. The summed E-state index contributed by atoms with van der Waals surface area (Å²) in [5, 5.41) is 0. The molecule has 2 aromatic rings. The first kappa shape index (κ1) is 19.2. The zero-order valence-electron chi connectivity index (χ0n) is 15.4. The van der Waals surface area contributed by atoms with E-state index in [9.17, 15) is 9.59 Å². The lowest BCUT2D eigenvalue weighted by Gasteiger charge is -2.23. The molecule has 1 heterocycles. The van der Waals surface area contributed by atoms with Gasteiger partial charge in [-0.2, -0.15) is 0 Å². The van der Waals surface area contributed by atoms with Crippen molar-refractivity contribution in [1.29, 1.82) is 0 Å². The minimum atomic E-state index is -0.257. The van der Waals surface area contributed by atoms with Crippen molar-refractivity contribution in [2.45, 2.75) is 13.8 Å². The van der Waals surface area contributed by atoms with Crippen LogP contribution in [0, 0.1) is 0 Å². The predicted molar refractivity (Wildman–Crippen MR) is 105 cm³/mol. The Morgan fingerprint density at radius 3 is 2.46 bits per heavy atom. The second-order valence-corrected chi connectivity index (χ2v) is 5.99. The molecule has 0 spiro atoms. The number of nitrogens with zero attached hydrogens (tertiary/aromatic N) is 2. The highest BCUT2D eigenvalue weighted by atomic mass is 16.5. The lowest BCUT2D eigenvalue weighted by molar-refractivity contribution is -0.124. The Kier molecular flexibility index (Phi) is 6.55. The molecule has 0 saturated carbocycles. The van der Waals surface area contributed by atoms with Crippen LogP contribution >= 0.6 is 0 Å². The molecule has 2 rings (SSSR count). The predicted octanol–water partition coefficient (Wildman–Crippen LogP) is 3.28. The second-order valence-electron chi connectivity index (χ2n) is 5.99. The fraction of sp³-hybridized carbons (Fsp3) is 0.238. The molecule has 0 saturated heterocycles. The van der Waals surface area contributed by atoms with Crippen molar-refractivity contribution in [1.82, 2.24) is 9.47 Å². The largest absolute Gasteiger partial charge is 0.497 e. The topological polar surface area (TPSA) is 51.5 Å². The number of amides is 1. The van der Waals surface area contributed by atoms with Crippen LogP contribution in [0.3, 0.4) is 0 Å². The molecule has 5 nitrogen and oxygen atoms in total. The minimum absolute atomic E-state index is 0.223. The van der Waals surface area contributed by atoms with Crippen molar-refractivity contribution in [3.63, 3.8) is 0 Å². The van der Waals surface area contributed by atoms with Gasteiger partial charge in [0.25, 0.3) is 11.5 Å². The molecular weight excluding hydrogens is 328 g/mol. The summed E-state index contributed by atoms with van der Waals surface area (Å²) in [6, 6.07) is 12.1. The molecule has 0 fully saturated rings. The van der Waals surface area contributed by atoms with Crippen molar-refractivity contribution in [3.05, 3.63) is 76.7 Å². The average Bonchev–Trinajstić information content (AvgIpc) is 2.64. The molecule has 0 aliphatic carbocycles. The Morgan fingerprint density at radius 2 is 1.92 bits per heavy atom. The van der Waals surface area contributed by atoms with E-state index in [-0.39, 0.29) is 11.5 Å². The van der Waals surface area contributed by atoms with Crippen molar-refractivity contribution < 1.29 is 9.53 Å². The summed E-state index contributed by atoms with van der Waals surface area (Å²) in [5.74, 6) is 0.504. The highest BCUT2D eigenvalue weighted by Gasteiger charge is 2.19. The lowest BCUT2D eigenvalue weighted by atomic mass is 10.1. The Bertz CT molecular complexity index is 863. The molecule has 0 bridgehead atoms. The van der Waals surface area contributed by atoms with Gasteiger partial charge in [0.05, 0.1) is 7.11 Å². The van der Waals surface area contributed by atoms with Gasteiger partial charge in [0, 0.05) is 25.4 Å². The zero-order valence-corrected chi connectivity index (χ0v) is 15.4. The third-order valence-corrected chi connectivity index (χ3v) is 3.85. The quantitative estimate of drug-likeness (QED) is 0.568. The number of aromatic nitrogens is 1. The van der Waals surface area contributed by atoms with Gasteiger partial charge in [-0.1, -0.05) is 30.4 Å². The summed E-state index contributed by atoms with van der Waals surface area (Å²) in [6.07, 6.45) is 3.31. The maximum absolute atomic E-state index is 13.1. The van der Waals surface area contributed by atoms with Gasteiger partial charge in [-0.25, -0.2) is 0 Å². The molecule has 1 aromatic heterocycles. The van der Waals surface area contributed by atoms with E-state index in [0.717, 1.165) is 16.9 Å². The van der Waals surface area contributed by atoms with Crippen LogP contribution < -0.4 is 10.3 Å². The molecule has 0 unspecified atom stereocenters. The zero-order chi connectivity index (χ0) is 19.1. The smallest absolute Gasteiger partial charge is 0.271 e. The van der Waals surface area contributed by atoms with Gasteiger partial charge in [0.15, 0.2) is 0 Å². The summed E-state index contributed by atoms with van der Waals surface area (Å²) >= 11 is 0. The Labute approximate surface area is 153 Å². The van der Waals surface area contributed by atoms with Crippen LogP contribution in [-0.2, 0) is 4.79 Å². The summed E-state index contributed by atoms with van der Waals surface area (Å²) in [5.41, 5.74) is 1.72. The van der Waals surface area contributed by atoms with Gasteiger partial charge in [-0.3, -0.25) is 14.2 Å². The molecule has 1 aromatic carbocycles. The van der Waals surface area contributed by atoms with E-state index in [2.05, 4.69) is 6.58 Å². The van der Waals surface area contributed by atoms with Crippen LogP contribution in [0.5, 0.6) is 5.75 Å². The number of methoxy groups -OCH3 is 1. The monoisotopic (exact) mass is 352 g/mol. The molecule has 0 aliphatic rings. The molecule has 0 aliphatic heterocycles. The molecule has 5 heteroatoms. The van der Waals surface area contributed by atoms with Gasteiger partial charge >= 0.3 is 0 Å². The van der Waals surface area contributed by atoms with Gasteiger partial charge in [-0.05, 0) is 43.7 Å². The molecule has 0 atom stereocenters. The molecule has 136 valence electrons. The normalized spacial score (nSPS) is 11.1. The van der Waals surface area contributed by atoms with Crippen LogP contribution in [-0.4, -0.2) is 35.6 Å². The first-order valence-electron chi connectivity index (χ1n) is 8.43. The van der Waals surface area contributed by atoms with Gasteiger partial charge in [0.2, 0.25) is 0 Å². The molecule has 0 N–H and O–H groups in total. The summed E-state index contributed by atoms with van der Waals surface area (Å²) in [4.78, 5) is 27.1. The van der Waals surface area contributed by atoms with E-state index in [1.807, 2.05) is 38.1 Å². The number of hydrogen-bond donors (Lipinski definition) is 0. The van der Waals surface area contributed by atoms with E-state index in [0.29, 0.717) is 18.8 Å². The Balaban J connectivity index is 2.53. The number of rotatable bonds is 7. The summed E-state index contributed by atoms with van der Waals surface area (Å²) in [6.45, 7) is 8.62. The van der Waals surface area contributed by atoms with Crippen molar-refractivity contribution >= 4 is 17.7 Å². The minimum Gasteiger partial charge on any atom is -0.497 e. The van der Waals surface area contributed by atoms with Crippen LogP contribution in [0.1, 0.15) is 19.4 Å². The summed E-state index contributed by atoms with van der Waals surface area (Å²) in [7, 11) is 1.60. The number of carbonyl (C=O) groups excluding carboxylic acids is 1. The van der Waals surface area contributed by atoms with Crippen LogP contribution in [0.2, 0.25) is 0 Å². The van der Waals surface area contributed by atoms with Crippen LogP contribution in [0.25, 0.3) is 11.8 Å². The van der Waals surface area contributed by atoms with E-state index >= 15 is 0 Å². The van der Waals surface area contributed by atoms with E-state index < -0.39 is 0 Å². The Morgan fingerprint density at radius 1 is 1.23 bits per heavy atom. The standard InChI is InChI=1S/C21H24N2O3/c1-5-22(15-16(2)3)21(25)19(23-13-7-6-8-20(23)24)14-17-9-11-18(26-4)12-10-17/h6-14H,2,5,15H2,1,3-4H3. The third kappa shape index (κ3) is 4.72. The number of pyridine rings is 1. The highest BCUT2D eigenvalue weighted by molar-refractivity contribution is 6.18. The maximum atomic E-state index is 13.1. The van der Waals surface area contributed by atoms with Crippen molar-refractivity contribution in [3.8, 4) is 5.75 Å². The number of carbonyl (C=O) groups is 1. The highest BCUT2D eigenvalue weighted by Crippen LogP contribution is 2.17. The average molecular weight is 352 g/mol. The van der Waals surface area contributed by atoms with E-state index in [4.69, 9.17) is 4.74 Å². The van der Waals surface area contributed by atoms with Gasteiger partial charge in [-0.15, -0.1) is 0 Å². The fourth-order valence-electron chi connectivity index (χ4n) is 2.53. The number of hydrogen-bond acceptors (Lipinski definition) is 3. The van der Waals surface area contributed by atoms with Crippen LogP contribution in [0.4, 0.5) is 0 Å². The van der Waals surface area contributed by atoms with Gasteiger partial charge < -0.3 is 9.64 Å². The van der Waals surface area contributed by atoms with Crippen molar-refractivity contribution in [2.24, 2.45) is 0 Å². The number of likely N-dealkylation sites (N-methyl/N-ethyl adjacent to an activating group) is 1. The van der Waals surface area contributed by atoms with E-state index in [1.54, 1.807) is 36.4 Å². The molecule has 26 heavy (non-hydrogen) atoms. The number of benzene rings is 1. The summed E-state index contributed by atoms with van der Waals surface area (Å²) < 4.78 is 6.53. The molecule has 1 amide bonds. The SMILES string of the molecule is C=C(C)CN(CC)C(=O)C(=Cc1ccc(OC)cc1)n1ccccc1=O. The van der Waals surface area contributed by atoms with Gasteiger partial charge in [0.1, 0.15) is 11.4 Å². The first-order valence-corrected chi connectivity index (χ1v) is 8.43. The fourth-order valence-corrected chi connectivity index (χ4v) is 2.53. The Hall–Kier alpha value is -3.08. The maximum Gasteiger partial charge on any atom is 0.271 e. The van der Waals surface area contributed by atoms with E-state index in [1.165, 1.54) is 10.6 Å². The van der Waals surface area contributed by atoms with Crippen molar-refractivity contribution in [2.75, 3.05) is 20.2 Å². The first-order chi connectivity index (χ1) is 12.5. The molecular formula is C21H24N2O3. The lowest BCUT2D eigenvalue weighted by Crippen LogP contribution is -2.36. The number of ether oxygens (including phenoxy) is 1. The second kappa shape index (κ2) is 8.85. The van der Waals surface area contributed by atoms with Crippen LogP contribution in [0.15, 0.2) is 65.6 Å². The third-order valence-electron chi connectivity index (χ3n) is 3.85.